The number of ether oxygens (including phenoxy) is 2. The van der Waals surface area contributed by atoms with Gasteiger partial charge in [0.15, 0.2) is 13.2 Å². The molecule has 0 bridgehead atoms. The summed E-state index contributed by atoms with van der Waals surface area (Å²) in [6, 6.07) is 13.5. The number of carbonyl (C=O) groups is 2. The molecular weight excluding hydrogens is 358 g/mol. The molecule has 0 atom stereocenters. The van der Waals surface area contributed by atoms with E-state index >= 15 is 0 Å². The fraction of sp³-hybridized carbons (Fsp3) is 0.167. The third kappa shape index (κ3) is 5.69. The quantitative estimate of drug-likeness (QED) is 0.755. The minimum absolute atomic E-state index is 0.278. The molecule has 0 heterocycles. The first-order valence-corrected chi connectivity index (χ1v) is 7.96. The summed E-state index contributed by atoms with van der Waals surface area (Å²) in [5.74, 6) is -0.334. The number of para-hydroxylation sites is 1. The van der Waals surface area contributed by atoms with Crippen LogP contribution in [0.3, 0.4) is 0 Å². The van der Waals surface area contributed by atoms with Crippen molar-refractivity contribution in [3.63, 3.8) is 0 Å². The third-order valence-corrected chi connectivity index (χ3v) is 3.63. The Hall–Kier alpha value is -3.24. The van der Waals surface area contributed by atoms with Crippen molar-refractivity contribution in [3.05, 3.63) is 58.6 Å². The van der Waals surface area contributed by atoms with Crippen LogP contribution in [-0.4, -0.2) is 25.0 Å². The number of hydrogen-bond acceptors (Lipinski definition) is 5. The molecule has 8 heteroatoms. The second kappa shape index (κ2) is 9.30. The van der Waals surface area contributed by atoms with Gasteiger partial charge < -0.3 is 9.47 Å². The Balaban J connectivity index is 1.72. The zero-order valence-electron chi connectivity index (χ0n) is 13.9. The molecule has 0 radical (unpaired) electrons. The maximum Gasteiger partial charge on any atom is 0.276 e. The van der Waals surface area contributed by atoms with Crippen molar-refractivity contribution in [3.8, 4) is 17.6 Å². The van der Waals surface area contributed by atoms with E-state index in [0.29, 0.717) is 16.3 Å². The first-order chi connectivity index (χ1) is 12.5. The third-order valence-electron chi connectivity index (χ3n) is 3.21. The molecule has 0 aliphatic rings. The first kappa shape index (κ1) is 19.1. The summed E-state index contributed by atoms with van der Waals surface area (Å²) in [7, 11) is 0. The average Bonchev–Trinajstić information content (AvgIpc) is 2.65. The summed E-state index contributed by atoms with van der Waals surface area (Å²) < 4.78 is 10.6. The Bertz CT molecular complexity index is 849. The molecule has 0 spiro atoms. The molecule has 0 aromatic heterocycles. The SMILES string of the molecule is Cc1cc(OCC(=O)NNC(=O)COc2ccccc2C#N)ccc1Cl. The summed E-state index contributed by atoms with van der Waals surface area (Å²) >= 11 is 5.91. The number of hydrogen-bond donors (Lipinski definition) is 2. The zero-order chi connectivity index (χ0) is 18.9. The van der Waals surface area contributed by atoms with Gasteiger partial charge in [0.2, 0.25) is 0 Å². The van der Waals surface area contributed by atoms with Gasteiger partial charge in [-0.15, -0.1) is 0 Å². The Kier molecular flexibility index (Phi) is 6.83. The van der Waals surface area contributed by atoms with Crippen molar-refractivity contribution in [2.45, 2.75) is 6.92 Å². The molecular formula is C18H16ClN3O4. The van der Waals surface area contributed by atoms with Crippen LogP contribution in [0.15, 0.2) is 42.5 Å². The van der Waals surface area contributed by atoms with E-state index in [4.69, 9.17) is 26.3 Å². The van der Waals surface area contributed by atoms with Crippen molar-refractivity contribution < 1.29 is 19.1 Å². The van der Waals surface area contributed by atoms with Crippen LogP contribution >= 0.6 is 11.6 Å². The lowest BCUT2D eigenvalue weighted by molar-refractivity contribution is -0.131. The van der Waals surface area contributed by atoms with Gasteiger partial charge in [0.05, 0.1) is 5.56 Å². The van der Waals surface area contributed by atoms with Gasteiger partial charge in [-0.05, 0) is 42.8 Å². The maximum absolute atomic E-state index is 11.7. The van der Waals surface area contributed by atoms with E-state index in [1.807, 2.05) is 13.0 Å². The second-order valence-corrected chi connectivity index (χ2v) is 5.60. The number of benzene rings is 2. The Morgan fingerprint density at radius 2 is 1.73 bits per heavy atom. The Morgan fingerprint density at radius 3 is 2.38 bits per heavy atom. The predicted octanol–water partition coefficient (Wildman–Crippen LogP) is 2.13. The van der Waals surface area contributed by atoms with Crippen LogP contribution in [0.1, 0.15) is 11.1 Å². The van der Waals surface area contributed by atoms with E-state index in [1.54, 1.807) is 42.5 Å². The molecule has 134 valence electrons. The average molecular weight is 374 g/mol. The molecule has 0 fully saturated rings. The number of nitrogens with zero attached hydrogens (tertiary/aromatic N) is 1. The van der Waals surface area contributed by atoms with Crippen molar-refractivity contribution in [1.82, 2.24) is 10.9 Å². The number of aryl methyl sites for hydroxylation is 1. The second-order valence-electron chi connectivity index (χ2n) is 5.19. The van der Waals surface area contributed by atoms with E-state index < -0.39 is 11.8 Å². The summed E-state index contributed by atoms with van der Waals surface area (Å²) in [6.07, 6.45) is 0. The summed E-state index contributed by atoms with van der Waals surface area (Å²) in [6.45, 7) is 1.19. The molecule has 0 unspecified atom stereocenters. The highest BCUT2D eigenvalue weighted by Crippen LogP contribution is 2.20. The predicted molar refractivity (Wildman–Crippen MR) is 94.6 cm³/mol. The summed E-state index contributed by atoms with van der Waals surface area (Å²) in [5, 5.41) is 9.54. The lowest BCUT2D eigenvalue weighted by Crippen LogP contribution is -2.45. The van der Waals surface area contributed by atoms with Gasteiger partial charge in [-0.2, -0.15) is 5.26 Å². The van der Waals surface area contributed by atoms with Gasteiger partial charge in [0.25, 0.3) is 11.8 Å². The minimum Gasteiger partial charge on any atom is -0.484 e. The minimum atomic E-state index is -0.576. The van der Waals surface area contributed by atoms with E-state index in [2.05, 4.69) is 10.9 Å². The van der Waals surface area contributed by atoms with Crippen molar-refractivity contribution >= 4 is 23.4 Å². The summed E-state index contributed by atoms with van der Waals surface area (Å²) in [4.78, 5) is 23.4. The largest absolute Gasteiger partial charge is 0.484 e. The highest BCUT2D eigenvalue weighted by Gasteiger charge is 2.08. The molecule has 0 aliphatic heterocycles. The molecule has 2 rings (SSSR count). The Morgan fingerprint density at radius 1 is 1.08 bits per heavy atom. The molecule has 7 nitrogen and oxygen atoms in total. The number of nitrogens with one attached hydrogen (secondary N) is 2. The van der Waals surface area contributed by atoms with Crippen molar-refractivity contribution in [2.75, 3.05) is 13.2 Å². The van der Waals surface area contributed by atoms with Crippen LogP contribution in [0, 0.1) is 18.3 Å². The molecule has 26 heavy (non-hydrogen) atoms. The number of amides is 2. The molecule has 2 amide bonds. The number of halogens is 1. The number of rotatable bonds is 6. The van der Waals surface area contributed by atoms with E-state index in [9.17, 15) is 9.59 Å². The van der Waals surface area contributed by atoms with Gasteiger partial charge >= 0.3 is 0 Å². The molecule has 0 saturated heterocycles. The van der Waals surface area contributed by atoms with Gasteiger partial charge in [-0.1, -0.05) is 23.7 Å². The van der Waals surface area contributed by atoms with Gasteiger partial charge in [0.1, 0.15) is 17.6 Å². The first-order valence-electron chi connectivity index (χ1n) is 7.58. The van der Waals surface area contributed by atoms with Crippen molar-refractivity contribution in [2.24, 2.45) is 0 Å². The zero-order valence-corrected chi connectivity index (χ0v) is 14.7. The lowest BCUT2D eigenvalue weighted by atomic mass is 10.2. The lowest BCUT2D eigenvalue weighted by Gasteiger charge is -2.10. The van der Waals surface area contributed by atoms with Crippen LogP contribution in [0.5, 0.6) is 11.5 Å². The number of nitriles is 1. The molecule has 0 saturated carbocycles. The highest BCUT2D eigenvalue weighted by atomic mass is 35.5. The fourth-order valence-corrected chi connectivity index (χ4v) is 2.01. The van der Waals surface area contributed by atoms with Crippen molar-refractivity contribution in [1.29, 1.82) is 5.26 Å². The standard InChI is InChI=1S/C18H16ClN3O4/c1-12-8-14(6-7-15(12)19)25-10-17(23)21-22-18(24)11-26-16-5-3-2-4-13(16)9-20/h2-8H,10-11H2,1H3,(H,21,23)(H,22,24). The van der Waals surface area contributed by atoms with Crippen LogP contribution < -0.4 is 20.3 Å². The van der Waals surface area contributed by atoms with E-state index in [-0.39, 0.29) is 19.0 Å². The molecule has 2 aromatic carbocycles. The maximum atomic E-state index is 11.7. The van der Waals surface area contributed by atoms with Crippen LogP contribution in [0.4, 0.5) is 0 Å². The van der Waals surface area contributed by atoms with E-state index in [0.717, 1.165) is 5.56 Å². The topological polar surface area (TPSA) is 100 Å². The van der Waals surface area contributed by atoms with Gasteiger partial charge in [0, 0.05) is 5.02 Å². The fourth-order valence-electron chi connectivity index (χ4n) is 1.90. The number of hydrazine groups is 1. The molecule has 2 aromatic rings. The summed E-state index contributed by atoms with van der Waals surface area (Å²) in [5.41, 5.74) is 5.55. The monoisotopic (exact) mass is 373 g/mol. The Labute approximate surface area is 155 Å². The van der Waals surface area contributed by atoms with Crippen LogP contribution in [0.25, 0.3) is 0 Å². The van der Waals surface area contributed by atoms with Crippen LogP contribution in [-0.2, 0) is 9.59 Å². The molecule has 0 aliphatic carbocycles. The van der Waals surface area contributed by atoms with Crippen LogP contribution in [0.2, 0.25) is 5.02 Å². The van der Waals surface area contributed by atoms with Gasteiger partial charge in [-0.25, -0.2) is 0 Å². The number of carbonyl (C=O) groups excluding carboxylic acids is 2. The highest BCUT2D eigenvalue weighted by molar-refractivity contribution is 6.31. The normalized spacial score (nSPS) is 9.73. The smallest absolute Gasteiger partial charge is 0.276 e. The van der Waals surface area contributed by atoms with E-state index in [1.165, 1.54) is 0 Å². The molecule has 2 N–H and O–H groups in total. The van der Waals surface area contributed by atoms with Gasteiger partial charge in [-0.3, -0.25) is 20.4 Å².